The molecule has 3 saturated heterocycles. The molecule has 3 aliphatic heterocycles. The van der Waals surface area contributed by atoms with Gasteiger partial charge in [-0.15, -0.1) is 0 Å². The fraction of sp³-hybridized carbons (Fsp3) is 0.846. The predicted octanol–water partition coefficient (Wildman–Crippen LogP) is 0.498. The largest absolute Gasteiger partial charge is 0.377 e. The molecule has 0 aromatic heterocycles. The number of ketones is 1. The zero-order valence-corrected chi connectivity index (χ0v) is 10.3. The average molecular weight is 237 g/mol. The maximum absolute atomic E-state index is 11.9. The molecule has 0 amide bonds. The summed E-state index contributed by atoms with van der Waals surface area (Å²) in [5.41, 5.74) is 0. The van der Waals surface area contributed by atoms with E-state index in [1.54, 1.807) is 0 Å². The number of hydrogen-bond acceptors (Lipinski definition) is 4. The number of carbonyl (C=O) groups is 2. The van der Waals surface area contributed by atoms with E-state index in [4.69, 9.17) is 4.74 Å². The van der Waals surface area contributed by atoms with Crippen LogP contribution in [-0.2, 0) is 14.3 Å². The van der Waals surface area contributed by atoms with Crippen LogP contribution < -0.4 is 0 Å². The van der Waals surface area contributed by atoms with E-state index in [0.717, 1.165) is 12.7 Å². The van der Waals surface area contributed by atoms with Crippen molar-refractivity contribution in [2.24, 2.45) is 17.8 Å². The fourth-order valence-electron chi connectivity index (χ4n) is 4.02. The van der Waals surface area contributed by atoms with Gasteiger partial charge in [-0.25, -0.2) is 0 Å². The number of likely N-dealkylation sites (N-methyl/N-ethyl adjacent to an activating group) is 1. The van der Waals surface area contributed by atoms with Gasteiger partial charge in [0.15, 0.2) is 5.78 Å². The van der Waals surface area contributed by atoms with E-state index in [1.165, 1.54) is 0 Å². The molecule has 4 heteroatoms. The van der Waals surface area contributed by atoms with Gasteiger partial charge in [0.25, 0.3) is 0 Å². The molecular formula is C13H19NO3. The summed E-state index contributed by atoms with van der Waals surface area (Å²) in [7, 11) is 2.03. The summed E-state index contributed by atoms with van der Waals surface area (Å²) in [4.78, 5) is 25.4. The standard InChI is InChI=1S/C13H19NO3/c1-7-9(5-15)8-3-12-13(16)4-11(14(12)2)10(8)6-17-7/h5,7-12H,3-4,6H2,1-2H3. The second kappa shape index (κ2) is 3.89. The Balaban J connectivity index is 1.91. The van der Waals surface area contributed by atoms with Crippen molar-refractivity contribution < 1.29 is 14.3 Å². The van der Waals surface area contributed by atoms with E-state index in [1.807, 2.05) is 14.0 Å². The minimum atomic E-state index is -0.0293. The maximum Gasteiger partial charge on any atom is 0.151 e. The van der Waals surface area contributed by atoms with Gasteiger partial charge in [-0.3, -0.25) is 9.69 Å². The average Bonchev–Trinajstić information content (AvgIpc) is 2.50. The van der Waals surface area contributed by atoms with Crippen LogP contribution in [-0.4, -0.2) is 48.8 Å². The molecule has 3 rings (SSSR count). The minimum absolute atomic E-state index is 0.00616. The molecule has 0 saturated carbocycles. The Labute approximate surface area is 101 Å². The van der Waals surface area contributed by atoms with Gasteiger partial charge in [-0.1, -0.05) is 0 Å². The number of carbonyl (C=O) groups excluding carboxylic acids is 2. The van der Waals surface area contributed by atoms with Gasteiger partial charge in [0, 0.05) is 24.3 Å². The summed E-state index contributed by atoms with van der Waals surface area (Å²) in [5.74, 6) is 1.02. The molecule has 94 valence electrons. The highest BCUT2D eigenvalue weighted by molar-refractivity contribution is 5.87. The summed E-state index contributed by atoms with van der Waals surface area (Å²) < 4.78 is 5.72. The third-order valence-corrected chi connectivity index (χ3v) is 5.08. The van der Waals surface area contributed by atoms with Crippen LogP contribution in [0.4, 0.5) is 0 Å². The van der Waals surface area contributed by atoms with Crippen LogP contribution in [0.5, 0.6) is 0 Å². The fourth-order valence-corrected chi connectivity index (χ4v) is 4.02. The number of piperidine rings is 1. The second-order valence-corrected chi connectivity index (χ2v) is 5.73. The van der Waals surface area contributed by atoms with Crippen molar-refractivity contribution in [3.05, 3.63) is 0 Å². The number of Topliss-reactive ketones (excluding diaryl/α,β-unsaturated/α-hetero) is 1. The zero-order chi connectivity index (χ0) is 12.2. The van der Waals surface area contributed by atoms with Crippen LogP contribution in [0.15, 0.2) is 0 Å². The summed E-state index contributed by atoms with van der Waals surface area (Å²) in [5, 5.41) is 0. The third-order valence-electron chi connectivity index (χ3n) is 5.08. The first-order valence-corrected chi connectivity index (χ1v) is 6.45. The summed E-state index contributed by atoms with van der Waals surface area (Å²) in [6.45, 7) is 2.67. The smallest absolute Gasteiger partial charge is 0.151 e. The van der Waals surface area contributed by atoms with E-state index in [0.29, 0.717) is 36.7 Å². The molecule has 3 fully saturated rings. The number of hydrogen-bond donors (Lipinski definition) is 0. The summed E-state index contributed by atoms with van der Waals surface area (Å²) in [6.07, 6.45) is 2.53. The van der Waals surface area contributed by atoms with Crippen molar-refractivity contribution >= 4 is 12.1 Å². The van der Waals surface area contributed by atoms with Gasteiger partial charge in [0.05, 0.1) is 18.8 Å². The molecule has 0 aromatic rings. The molecule has 0 N–H and O–H groups in total. The number of fused-ring (bicyclic) bond motifs is 4. The van der Waals surface area contributed by atoms with Crippen molar-refractivity contribution in [2.75, 3.05) is 13.7 Å². The van der Waals surface area contributed by atoms with E-state index in [9.17, 15) is 9.59 Å². The van der Waals surface area contributed by atoms with Crippen molar-refractivity contribution in [1.29, 1.82) is 0 Å². The summed E-state index contributed by atoms with van der Waals surface area (Å²) >= 11 is 0. The highest BCUT2D eigenvalue weighted by atomic mass is 16.5. The molecule has 3 heterocycles. The van der Waals surface area contributed by atoms with Crippen LogP contribution in [0.1, 0.15) is 19.8 Å². The van der Waals surface area contributed by atoms with Gasteiger partial charge >= 0.3 is 0 Å². The van der Waals surface area contributed by atoms with Gasteiger partial charge in [-0.2, -0.15) is 0 Å². The van der Waals surface area contributed by atoms with Crippen LogP contribution >= 0.6 is 0 Å². The van der Waals surface area contributed by atoms with Crippen molar-refractivity contribution in [1.82, 2.24) is 4.90 Å². The lowest BCUT2D eigenvalue weighted by Gasteiger charge is -2.48. The Bertz CT molecular complexity index is 357. The zero-order valence-electron chi connectivity index (χ0n) is 10.3. The van der Waals surface area contributed by atoms with Crippen LogP contribution in [0, 0.1) is 17.8 Å². The first kappa shape index (κ1) is 11.4. The number of aldehydes is 1. The topological polar surface area (TPSA) is 46.6 Å². The van der Waals surface area contributed by atoms with Gasteiger partial charge in [0.2, 0.25) is 0 Å². The van der Waals surface area contributed by atoms with Gasteiger partial charge in [0.1, 0.15) is 6.29 Å². The minimum Gasteiger partial charge on any atom is -0.377 e. The third kappa shape index (κ3) is 1.50. The molecule has 4 nitrogen and oxygen atoms in total. The van der Waals surface area contributed by atoms with E-state index in [-0.39, 0.29) is 18.1 Å². The maximum atomic E-state index is 11.9. The number of rotatable bonds is 1. The molecule has 6 atom stereocenters. The summed E-state index contributed by atoms with van der Waals surface area (Å²) in [6, 6.07) is 0.343. The van der Waals surface area contributed by atoms with Crippen LogP contribution in [0.3, 0.4) is 0 Å². The SMILES string of the molecule is CC1OCC2C(CC3C(=O)CC2N3C)C1C=O. The number of ether oxygens (including phenoxy) is 1. The first-order chi connectivity index (χ1) is 8.13. The normalized spacial score (nSPS) is 50.1. The molecule has 0 spiro atoms. The molecule has 17 heavy (non-hydrogen) atoms. The van der Waals surface area contributed by atoms with E-state index < -0.39 is 0 Å². The Hall–Kier alpha value is -0.740. The molecule has 0 aromatic carbocycles. The Morgan fingerprint density at radius 1 is 1.41 bits per heavy atom. The second-order valence-electron chi connectivity index (χ2n) is 5.73. The van der Waals surface area contributed by atoms with Crippen molar-refractivity contribution in [2.45, 2.75) is 38.0 Å². The predicted molar refractivity (Wildman–Crippen MR) is 61.5 cm³/mol. The quantitative estimate of drug-likeness (QED) is 0.623. The van der Waals surface area contributed by atoms with Crippen molar-refractivity contribution in [3.8, 4) is 0 Å². The molecule has 6 unspecified atom stereocenters. The molecular weight excluding hydrogens is 218 g/mol. The molecule has 0 aliphatic carbocycles. The number of nitrogens with zero attached hydrogens (tertiary/aromatic N) is 1. The molecule has 2 bridgehead atoms. The first-order valence-electron chi connectivity index (χ1n) is 6.45. The monoisotopic (exact) mass is 237 g/mol. The van der Waals surface area contributed by atoms with E-state index >= 15 is 0 Å². The molecule has 0 radical (unpaired) electrons. The lowest BCUT2D eigenvalue weighted by Crippen LogP contribution is -2.55. The van der Waals surface area contributed by atoms with Crippen LogP contribution in [0.2, 0.25) is 0 Å². The van der Waals surface area contributed by atoms with Crippen molar-refractivity contribution in [3.63, 3.8) is 0 Å². The van der Waals surface area contributed by atoms with E-state index in [2.05, 4.69) is 4.90 Å². The lowest BCUT2D eigenvalue weighted by molar-refractivity contribution is -0.143. The Morgan fingerprint density at radius 3 is 2.88 bits per heavy atom. The Morgan fingerprint density at radius 2 is 2.18 bits per heavy atom. The molecule has 3 aliphatic rings. The van der Waals surface area contributed by atoms with Gasteiger partial charge < -0.3 is 9.53 Å². The van der Waals surface area contributed by atoms with Crippen LogP contribution in [0.25, 0.3) is 0 Å². The highest BCUT2D eigenvalue weighted by Gasteiger charge is 2.54. The van der Waals surface area contributed by atoms with Gasteiger partial charge in [-0.05, 0) is 26.3 Å². The lowest BCUT2D eigenvalue weighted by atomic mass is 9.70. The highest BCUT2D eigenvalue weighted by Crippen LogP contribution is 2.46. The Kier molecular flexibility index (Phi) is 2.60.